The lowest BCUT2D eigenvalue weighted by Gasteiger charge is -2.02. The van der Waals surface area contributed by atoms with E-state index in [1.165, 1.54) is 6.92 Å². The minimum absolute atomic E-state index is 0.0542. The van der Waals surface area contributed by atoms with Gasteiger partial charge in [-0.05, 0) is 37.1 Å². The van der Waals surface area contributed by atoms with Gasteiger partial charge in [-0.15, -0.1) is 0 Å². The Morgan fingerprint density at radius 3 is 2.69 bits per heavy atom. The molecule has 0 heterocycles. The molecular formula is C13H16O3. The van der Waals surface area contributed by atoms with Gasteiger partial charge in [0.05, 0.1) is 13.2 Å². The summed E-state index contributed by atoms with van der Waals surface area (Å²) in [6, 6.07) is 6.91. The summed E-state index contributed by atoms with van der Waals surface area (Å²) in [6.07, 6.45) is 4.08. The lowest BCUT2D eigenvalue weighted by atomic mass is 10.2. The highest BCUT2D eigenvalue weighted by Crippen LogP contribution is 2.10. The van der Waals surface area contributed by atoms with Crippen molar-refractivity contribution in [1.82, 2.24) is 0 Å². The Morgan fingerprint density at radius 2 is 2.06 bits per heavy atom. The maximum absolute atomic E-state index is 10.6. The summed E-state index contributed by atoms with van der Waals surface area (Å²) in [5.41, 5.74) is 1.02. The number of benzene rings is 1. The number of rotatable bonds is 6. The Labute approximate surface area is 95.4 Å². The monoisotopic (exact) mass is 220 g/mol. The van der Waals surface area contributed by atoms with Gasteiger partial charge >= 0.3 is 0 Å². The summed E-state index contributed by atoms with van der Waals surface area (Å²) in [4.78, 5) is 10.6. The molecule has 0 aliphatic carbocycles. The SMILES string of the molecule is CC(=O)/C=C/CCOCc1ccc(O)cc1. The van der Waals surface area contributed by atoms with Crippen molar-refractivity contribution < 1.29 is 14.6 Å². The highest BCUT2D eigenvalue weighted by atomic mass is 16.5. The van der Waals surface area contributed by atoms with Crippen molar-refractivity contribution in [2.45, 2.75) is 20.0 Å². The largest absolute Gasteiger partial charge is 0.508 e. The molecule has 1 aromatic carbocycles. The van der Waals surface area contributed by atoms with E-state index in [1.54, 1.807) is 24.3 Å². The van der Waals surface area contributed by atoms with Crippen LogP contribution in [0.2, 0.25) is 0 Å². The summed E-state index contributed by atoms with van der Waals surface area (Å²) in [6.45, 7) is 2.63. The Morgan fingerprint density at radius 1 is 1.38 bits per heavy atom. The van der Waals surface area contributed by atoms with Crippen LogP contribution in [0.3, 0.4) is 0 Å². The van der Waals surface area contributed by atoms with Crippen LogP contribution in [0.1, 0.15) is 18.9 Å². The number of ketones is 1. The van der Waals surface area contributed by atoms with Crippen LogP contribution in [-0.4, -0.2) is 17.5 Å². The van der Waals surface area contributed by atoms with Gasteiger partial charge in [-0.2, -0.15) is 0 Å². The van der Waals surface area contributed by atoms with Crippen LogP contribution in [0, 0.1) is 0 Å². The van der Waals surface area contributed by atoms with Crippen LogP contribution in [-0.2, 0) is 16.1 Å². The van der Waals surface area contributed by atoms with Gasteiger partial charge in [-0.3, -0.25) is 4.79 Å². The molecule has 1 rings (SSSR count). The van der Waals surface area contributed by atoms with Gasteiger partial charge in [-0.1, -0.05) is 18.2 Å². The second-order valence-electron chi connectivity index (χ2n) is 3.52. The summed E-state index contributed by atoms with van der Waals surface area (Å²) in [5.74, 6) is 0.312. The van der Waals surface area contributed by atoms with E-state index in [0.717, 1.165) is 12.0 Å². The minimum atomic E-state index is 0.0542. The molecule has 0 unspecified atom stereocenters. The van der Waals surface area contributed by atoms with Gasteiger partial charge in [-0.25, -0.2) is 0 Å². The van der Waals surface area contributed by atoms with E-state index in [0.29, 0.717) is 13.2 Å². The molecule has 3 heteroatoms. The van der Waals surface area contributed by atoms with E-state index >= 15 is 0 Å². The van der Waals surface area contributed by atoms with E-state index in [1.807, 2.05) is 12.1 Å². The van der Waals surface area contributed by atoms with Crippen LogP contribution in [0.5, 0.6) is 5.75 Å². The summed E-state index contributed by atoms with van der Waals surface area (Å²) in [7, 11) is 0. The van der Waals surface area contributed by atoms with Crippen LogP contribution < -0.4 is 0 Å². The topological polar surface area (TPSA) is 46.5 Å². The number of carbonyl (C=O) groups is 1. The molecule has 0 atom stereocenters. The summed E-state index contributed by atoms with van der Waals surface area (Å²) < 4.78 is 5.40. The number of ether oxygens (including phenoxy) is 1. The number of hydrogen-bond acceptors (Lipinski definition) is 3. The third-order valence-corrected chi connectivity index (χ3v) is 1.99. The van der Waals surface area contributed by atoms with Crippen molar-refractivity contribution in [1.29, 1.82) is 0 Å². The van der Waals surface area contributed by atoms with Crippen LogP contribution in [0.4, 0.5) is 0 Å². The van der Waals surface area contributed by atoms with Crippen molar-refractivity contribution >= 4 is 5.78 Å². The maximum Gasteiger partial charge on any atom is 0.152 e. The summed E-state index contributed by atoms with van der Waals surface area (Å²) >= 11 is 0. The number of allylic oxidation sites excluding steroid dienone is 1. The molecule has 86 valence electrons. The molecule has 0 fully saturated rings. The predicted molar refractivity (Wildman–Crippen MR) is 62.2 cm³/mol. The molecule has 0 radical (unpaired) electrons. The second kappa shape index (κ2) is 6.80. The predicted octanol–water partition coefficient (Wildman–Crippen LogP) is 2.44. The fourth-order valence-electron chi connectivity index (χ4n) is 1.18. The first-order chi connectivity index (χ1) is 7.68. The van der Waals surface area contributed by atoms with E-state index in [2.05, 4.69) is 0 Å². The van der Waals surface area contributed by atoms with E-state index in [-0.39, 0.29) is 11.5 Å². The zero-order valence-corrected chi connectivity index (χ0v) is 9.35. The molecular weight excluding hydrogens is 204 g/mol. The fourth-order valence-corrected chi connectivity index (χ4v) is 1.18. The van der Waals surface area contributed by atoms with E-state index < -0.39 is 0 Å². The van der Waals surface area contributed by atoms with Crippen molar-refractivity contribution in [2.75, 3.05) is 6.61 Å². The van der Waals surface area contributed by atoms with Crippen molar-refractivity contribution in [3.63, 3.8) is 0 Å². The maximum atomic E-state index is 10.6. The highest BCUT2D eigenvalue weighted by Gasteiger charge is 1.93. The first-order valence-electron chi connectivity index (χ1n) is 5.21. The molecule has 0 saturated heterocycles. The lowest BCUT2D eigenvalue weighted by molar-refractivity contribution is -0.112. The Hall–Kier alpha value is -1.61. The number of phenols is 1. The Bertz CT molecular complexity index is 352. The zero-order valence-electron chi connectivity index (χ0n) is 9.35. The van der Waals surface area contributed by atoms with Crippen LogP contribution in [0.25, 0.3) is 0 Å². The van der Waals surface area contributed by atoms with Crippen molar-refractivity contribution in [2.24, 2.45) is 0 Å². The molecule has 3 nitrogen and oxygen atoms in total. The highest BCUT2D eigenvalue weighted by molar-refractivity contribution is 5.87. The quantitative estimate of drug-likeness (QED) is 0.591. The summed E-state index contributed by atoms with van der Waals surface area (Å²) in [5, 5.41) is 9.07. The average Bonchev–Trinajstić information content (AvgIpc) is 2.25. The molecule has 0 aliphatic heterocycles. The Balaban J connectivity index is 2.16. The van der Waals surface area contributed by atoms with Gasteiger partial charge < -0.3 is 9.84 Å². The molecule has 0 amide bonds. The van der Waals surface area contributed by atoms with E-state index in [4.69, 9.17) is 9.84 Å². The van der Waals surface area contributed by atoms with E-state index in [9.17, 15) is 4.79 Å². The van der Waals surface area contributed by atoms with Crippen molar-refractivity contribution in [3.8, 4) is 5.75 Å². The normalized spacial score (nSPS) is 10.8. The molecule has 0 aromatic heterocycles. The smallest absolute Gasteiger partial charge is 0.152 e. The van der Waals surface area contributed by atoms with Gasteiger partial charge in [0.1, 0.15) is 5.75 Å². The second-order valence-corrected chi connectivity index (χ2v) is 3.52. The Kier molecular flexibility index (Phi) is 5.29. The standard InChI is InChI=1S/C13H16O3/c1-11(14)4-2-3-9-16-10-12-5-7-13(15)8-6-12/h2,4-8,15H,3,9-10H2,1H3/b4-2+. The molecule has 1 aromatic rings. The fraction of sp³-hybridized carbons (Fsp3) is 0.308. The van der Waals surface area contributed by atoms with Gasteiger partial charge in [0.25, 0.3) is 0 Å². The lowest BCUT2D eigenvalue weighted by Crippen LogP contribution is -1.94. The molecule has 0 spiro atoms. The molecule has 0 saturated carbocycles. The van der Waals surface area contributed by atoms with Crippen LogP contribution >= 0.6 is 0 Å². The van der Waals surface area contributed by atoms with Gasteiger partial charge in [0.2, 0.25) is 0 Å². The minimum Gasteiger partial charge on any atom is -0.508 e. The number of carbonyl (C=O) groups excluding carboxylic acids is 1. The number of phenolic OH excluding ortho intramolecular Hbond substituents is 1. The molecule has 0 bridgehead atoms. The zero-order chi connectivity index (χ0) is 11.8. The third-order valence-electron chi connectivity index (χ3n) is 1.99. The molecule has 16 heavy (non-hydrogen) atoms. The van der Waals surface area contributed by atoms with Gasteiger partial charge in [0, 0.05) is 0 Å². The van der Waals surface area contributed by atoms with Crippen LogP contribution in [0.15, 0.2) is 36.4 Å². The molecule has 1 N–H and O–H groups in total. The molecule has 0 aliphatic rings. The number of hydrogen-bond donors (Lipinski definition) is 1. The number of aromatic hydroxyl groups is 1. The average molecular weight is 220 g/mol. The van der Waals surface area contributed by atoms with Gasteiger partial charge in [0.15, 0.2) is 5.78 Å². The van der Waals surface area contributed by atoms with Crippen molar-refractivity contribution in [3.05, 3.63) is 42.0 Å². The third kappa shape index (κ3) is 5.32. The first-order valence-corrected chi connectivity index (χ1v) is 5.21. The first kappa shape index (κ1) is 12.5.